The molecule has 0 radical (unpaired) electrons. The van der Waals surface area contributed by atoms with E-state index in [1.54, 1.807) is 0 Å². The molecule has 0 aliphatic carbocycles. The largest absolute Gasteiger partial charge is 0.481 e. The highest BCUT2D eigenvalue weighted by Gasteiger charge is 2.30. The van der Waals surface area contributed by atoms with Crippen LogP contribution in [0, 0.1) is 5.82 Å². The van der Waals surface area contributed by atoms with E-state index in [0.29, 0.717) is 13.2 Å². The van der Waals surface area contributed by atoms with Crippen molar-refractivity contribution in [1.82, 2.24) is 9.88 Å². The summed E-state index contributed by atoms with van der Waals surface area (Å²) >= 11 is 0. The molecule has 0 bridgehead atoms. The molecule has 1 atom stereocenters. The minimum Gasteiger partial charge on any atom is -0.481 e. The Hall–Kier alpha value is -2.02. The minimum atomic E-state index is -1.000. The number of rotatable bonds is 3. The summed E-state index contributed by atoms with van der Waals surface area (Å²) in [6, 6.07) is 1.91. The molecule has 19 heavy (non-hydrogen) atoms. The van der Waals surface area contributed by atoms with Crippen LogP contribution in [0.2, 0.25) is 0 Å². The van der Waals surface area contributed by atoms with E-state index in [1.165, 1.54) is 11.0 Å². The zero-order valence-corrected chi connectivity index (χ0v) is 10.1. The van der Waals surface area contributed by atoms with Gasteiger partial charge in [-0.05, 0) is 12.1 Å². The smallest absolute Gasteiger partial charge is 0.305 e. The van der Waals surface area contributed by atoms with E-state index in [2.05, 4.69) is 4.98 Å². The highest BCUT2D eigenvalue weighted by molar-refractivity contribution is 5.92. The van der Waals surface area contributed by atoms with Crippen LogP contribution >= 0.6 is 0 Å². The highest BCUT2D eigenvalue weighted by Crippen LogP contribution is 2.14. The summed E-state index contributed by atoms with van der Waals surface area (Å²) in [4.78, 5) is 28.1. The molecule has 1 aliphatic rings. The fourth-order valence-electron chi connectivity index (χ4n) is 1.94. The first-order chi connectivity index (χ1) is 9.08. The number of ether oxygens (including phenoxy) is 1. The molecule has 0 aromatic carbocycles. The molecule has 1 amide bonds. The van der Waals surface area contributed by atoms with Crippen LogP contribution in [-0.2, 0) is 9.53 Å². The Labute approximate surface area is 108 Å². The first-order valence-corrected chi connectivity index (χ1v) is 5.80. The second-order valence-electron chi connectivity index (χ2n) is 4.19. The van der Waals surface area contributed by atoms with Gasteiger partial charge in [-0.25, -0.2) is 9.37 Å². The van der Waals surface area contributed by atoms with Crippen molar-refractivity contribution < 1.29 is 23.8 Å². The summed E-state index contributed by atoms with van der Waals surface area (Å²) in [7, 11) is 0. The lowest BCUT2D eigenvalue weighted by Crippen LogP contribution is -2.49. The van der Waals surface area contributed by atoms with Crippen LogP contribution in [0.15, 0.2) is 18.3 Å². The third kappa shape index (κ3) is 3.25. The van der Waals surface area contributed by atoms with E-state index in [4.69, 9.17) is 9.84 Å². The van der Waals surface area contributed by atoms with Gasteiger partial charge in [-0.15, -0.1) is 0 Å². The maximum absolute atomic E-state index is 12.8. The minimum absolute atomic E-state index is 0.0960. The Bertz CT molecular complexity index is 477. The lowest BCUT2D eigenvalue weighted by molar-refractivity contribution is -0.139. The van der Waals surface area contributed by atoms with Crippen LogP contribution in [-0.4, -0.2) is 52.7 Å². The number of carboxylic acid groups (broad SMARTS) is 1. The van der Waals surface area contributed by atoms with Crippen LogP contribution < -0.4 is 0 Å². The van der Waals surface area contributed by atoms with Crippen molar-refractivity contribution in [1.29, 1.82) is 0 Å². The van der Waals surface area contributed by atoms with Crippen molar-refractivity contribution in [3.05, 3.63) is 29.8 Å². The Balaban J connectivity index is 2.15. The van der Waals surface area contributed by atoms with Crippen molar-refractivity contribution in [2.45, 2.75) is 12.5 Å². The normalized spacial score (nSPS) is 19.2. The molecule has 0 saturated carbocycles. The van der Waals surface area contributed by atoms with Gasteiger partial charge in [0.25, 0.3) is 5.91 Å². The van der Waals surface area contributed by atoms with Gasteiger partial charge in [-0.3, -0.25) is 9.59 Å². The van der Waals surface area contributed by atoms with Crippen molar-refractivity contribution in [3.8, 4) is 0 Å². The van der Waals surface area contributed by atoms with E-state index in [0.717, 1.165) is 12.3 Å². The summed E-state index contributed by atoms with van der Waals surface area (Å²) in [5.74, 6) is -1.93. The third-order valence-electron chi connectivity index (χ3n) is 2.85. The van der Waals surface area contributed by atoms with Crippen molar-refractivity contribution in [2.75, 3.05) is 19.8 Å². The highest BCUT2D eigenvalue weighted by atomic mass is 19.1. The first-order valence-electron chi connectivity index (χ1n) is 5.80. The Morgan fingerprint density at radius 2 is 2.32 bits per heavy atom. The van der Waals surface area contributed by atoms with E-state index in [-0.39, 0.29) is 18.7 Å². The van der Waals surface area contributed by atoms with Gasteiger partial charge in [0.1, 0.15) is 11.5 Å². The number of morpholine rings is 1. The topological polar surface area (TPSA) is 79.7 Å². The lowest BCUT2D eigenvalue weighted by Gasteiger charge is -2.34. The number of hydrogen-bond donors (Lipinski definition) is 1. The molecule has 1 aromatic heterocycles. The summed E-state index contributed by atoms with van der Waals surface area (Å²) in [6.45, 7) is 0.831. The predicted octanol–water partition coefficient (Wildman–Crippen LogP) is 0.536. The van der Waals surface area contributed by atoms with Gasteiger partial charge in [0.2, 0.25) is 0 Å². The van der Waals surface area contributed by atoms with Crippen molar-refractivity contribution >= 4 is 11.9 Å². The van der Waals surface area contributed by atoms with Gasteiger partial charge in [0, 0.05) is 6.54 Å². The van der Waals surface area contributed by atoms with Gasteiger partial charge in [0.05, 0.1) is 31.9 Å². The average Bonchev–Trinajstić information content (AvgIpc) is 2.39. The Morgan fingerprint density at radius 3 is 2.95 bits per heavy atom. The van der Waals surface area contributed by atoms with Gasteiger partial charge < -0.3 is 14.7 Å². The molecular weight excluding hydrogens is 255 g/mol. The van der Waals surface area contributed by atoms with Crippen LogP contribution in [0.5, 0.6) is 0 Å². The average molecular weight is 268 g/mol. The molecule has 0 spiro atoms. The molecule has 7 heteroatoms. The quantitative estimate of drug-likeness (QED) is 0.865. The molecule has 2 rings (SSSR count). The van der Waals surface area contributed by atoms with Crippen LogP contribution in [0.1, 0.15) is 16.9 Å². The van der Waals surface area contributed by atoms with E-state index >= 15 is 0 Å². The van der Waals surface area contributed by atoms with Gasteiger partial charge >= 0.3 is 5.97 Å². The second-order valence-corrected chi connectivity index (χ2v) is 4.19. The molecule has 1 aliphatic heterocycles. The number of halogens is 1. The maximum atomic E-state index is 12.8. The molecule has 6 nitrogen and oxygen atoms in total. The summed E-state index contributed by atoms with van der Waals surface area (Å²) in [6.07, 6.45) is 0.771. The van der Waals surface area contributed by atoms with E-state index < -0.39 is 23.7 Å². The first kappa shape index (κ1) is 13.4. The molecule has 1 N–H and O–H groups in total. The second kappa shape index (κ2) is 5.75. The van der Waals surface area contributed by atoms with Crippen molar-refractivity contribution in [3.63, 3.8) is 0 Å². The van der Waals surface area contributed by atoms with E-state index in [9.17, 15) is 14.0 Å². The number of amides is 1. The zero-order valence-electron chi connectivity index (χ0n) is 10.1. The Kier molecular flexibility index (Phi) is 4.06. The molecule has 0 unspecified atom stereocenters. The van der Waals surface area contributed by atoms with Crippen LogP contribution in [0.4, 0.5) is 4.39 Å². The SMILES string of the molecule is O=C(O)C[C@@H]1COCCN1C(=O)c1ccc(F)cn1. The van der Waals surface area contributed by atoms with Crippen LogP contribution in [0.25, 0.3) is 0 Å². The number of carbonyl (C=O) groups excluding carboxylic acids is 1. The molecule has 2 heterocycles. The third-order valence-corrected chi connectivity index (χ3v) is 2.85. The molecule has 1 saturated heterocycles. The molecular formula is C12H13FN2O4. The fourth-order valence-corrected chi connectivity index (χ4v) is 1.94. The molecule has 1 aromatic rings. The number of aromatic nitrogens is 1. The van der Waals surface area contributed by atoms with Gasteiger partial charge in [-0.1, -0.05) is 0 Å². The molecule has 102 valence electrons. The number of aliphatic carboxylic acids is 1. The monoisotopic (exact) mass is 268 g/mol. The fraction of sp³-hybridized carbons (Fsp3) is 0.417. The zero-order chi connectivity index (χ0) is 13.8. The summed E-state index contributed by atoms with van der Waals surface area (Å²) in [5.41, 5.74) is 0.0960. The maximum Gasteiger partial charge on any atom is 0.305 e. The number of nitrogens with zero attached hydrogens (tertiary/aromatic N) is 2. The van der Waals surface area contributed by atoms with E-state index in [1.807, 2.05) is 0 Å². The van der Waals surface area contributed by atoms with Crippen molar-refractivity contribution in [2.24, 2.45) is 0 Å². The number of carbonyl (C=O) groups is 2. The Morgan fingerprint density at radius 1 is 1.53 bits per heavy atom. The predicted molar refractivity (Wildman–Crippen MR) is 62.1 cm³/mol. The lowest BCUT2D eigenvalue weighted by atomic mass is 10.1. The van der Waals surface area contributed by atoms with Gasteiger partial charge in [-0.2, -0.15) is 0 Å². The number of carboxylic acids is 1. The number of pyridine rings is 1. The summed E-state index contributed by atoms with van der Waals surface area (Å²) < 4.78 is 17.9. The molecule has 1 fully saturated rings. The number of hydrogen-bond acceptors (Lipinski definition) is 4. The standard InChI is InChI=1S/C12H13FN2O4/c13-8-1-2-10(14-6-8)12(18)15-3-4-19-7-9(15)5-11(16)17/h1-2,6,9H,3-5,7H2,(H,16,17)/t9-/m1/s1. The summed E-state index contributed by atoms with van der Waals surface area (Å²) in [5, 5.41) is 8.81. The van der Waals surface area contributed by atoms with Gasteiger partial charge in [0.15, 0.2) is 0 Å². The van der Waals surface area contributed by atoms with Crippen LogP contribution in [0.3, 0.4) is 0 Å².